The van der Waals surface area contributed by atoms with Gasteiger partial charge in [0.15, 0.2) is 16.1 Å². The first kappa shape index (κ1) is 24.5. The van der Waals surface area contributed by atoms with Crippen molar-refractivity contribution in [3.63, 3.8) is 0 Å². The number of hydrogen-bond acceptors (Lipinski definition) is 9. The number of aliphatic hydroxyl groups excluding tert-OH is 1. The molecule has 0 saturated carbocycles. The number of halogens is 1. The van der Waals surface area contributed by atoms with Crippen molar-refractivity contribution in [2.75, 3.05) is 55.0 Å². The molecule has 0 aliphatic carbocycles. The lowest BCUT2D eigenvalue weighted by molar-refractivity contribution is 0.260. The van der Waals surface area contributed by atoms with Crippen molar-refractivity contribution in [2.45, 2.75) is 11.1 Å². The van der Waals surface area contributed by atoms with Crippen LogP contribution in [0.2, 0.25) is 5.02 Å². The lowest BCUT2D eigenvalue weighted by atomic mass is 9.99. The minimum absolute atomic E-state index is 0.121. The highest BCUT2D eigenvalue weighted by Gasteiger charge is 2.24. The van der Waals surface area contributed by atoms with Gasteiger partial charge in [-0.2, -0.15) is 4.98 Å². The zero-order valence-corrected chi connectivity index (χ0v) is 21.5. The van der Waals surface area contributed by atoms with Crippen molar-refractivity contribution in [1.29, 1.82) is 0 Å². The van der Waals surface area contributed by atoms with Gasteiger partial charge in [0.2, 0.25) is 5.95 Å². The van der Waals surface area contributed by atoms with E-state index in [1.54, 1.807) is 12.3 Å². The van der Waals surface area contributed by atoms with Crippen LogP contribution in [0.1, 0.15) is 11.1 Å². The van der Waals surface area contributed by atoms with E-state index in [-0.39, 0.29) is 4.90 Å². The van der Waals surface area contributed by atoms with E-state index in [4.69, 9.17) is 11.6 Å². The van der Waals surface area contributed by atoms with E-state index >= 15 is 0 Å². The fourth-order valence-electron chi connectivity index (χ4n) is 4.26. The number of aliphatic hydroxyl groups is 1. The van der Waals surface area contributed by atoms with E-state index in [1.807, 2.05) is 12.1 Å². The lowest BCUT2D eigenvalue weighted by Gasteiger charge is -2.34. The zero-order chi connectivity index (χ0) is 25.4. The molecule has 3 aromatic rings. The van der Waals surface area contributed by atoms with Crippen molar-refractivity contribution in [2.24, 2.45) is 0 Å². The minimum Gasteiger partial charge on any atom is -0.369 e. The van der Waals surface area contributed by atoms with Crippen LogP contribution in [0.3, 0.4) is 0 Å². The van der Waals surface area contributed by atoms with Crippen LogP contribution in [0.25, 0.3) is 11.6 Å². The van der Waals surface area contributed by atoms with E-state index in [2.05, 4.69) is 49.6 Å². The third-order valence-corrected chi connectivity index (χ3v) is 7.80. The highest BCUT2D eigenvalue weighted by molar-refractivity contribution is 7.90. The number of hydrogen-bond donors (Lipinski definition) is 3. The van der Waals surface area contributed by atoms with Gasteiger partial charge < -0.3 is 25.5 Å². The molecule has 2 aromatic carbocycles. The van der Waals surface area contributed by atoms with E-state index in [0.717, 1.165) is 38.1 Å². The molecule has 36 heavy (non-hydrogen) atoms. The molecule has 1 fully saturated rings. The molecule has 188 valence electrons. The van der Waals surface area contributed by atoms with Crippen LogP contribution in [0.5, 0.6) is 0 Å². The van der Waals surface area contributed by atoms with Crippen molar-refractivity contribution in [1.82, 2.24) is 14.9 Å². The number of aromatic nitrogens is 2. The summed E-state index contributed by atoms with van der Waals surface area (Å²) in [5.74, 6) is 0.836. The second-order valence-corrected chi connectivity index (χ2v) is 11.4. The number of nitrogens with one attached hydrogen (secondary N) is 2. The number of nitrogens with zero attached hydrogens (tertiary/aromatic N) is 4. The molecule has 9 nitrogen and oxygen atoms in total. The summed E-state index contributed by atoms with van der Waals surface area (Å²) in [6.45, 7) is 4.11. The van der Waals surface area contributed by atoms with Crippen LogP contribution in [0.4, 0.5) is 23.1 Å². The standard InChI is InChI=1S/C25H27ClN6O3S/c1-31-9-11-32(12-10-31)18-5-3-17(4-6-18)28-25-27-15-16-13-21(24(33)29-23(16)30-25)20-14-19(36(2,34)35)7-8-22(20)26/h3-8,13-15,24,33H,9-12H2,1-2H3,(H2,27,28,29,30). The van der Waals surface area contributed by atoms with Gasteiger partial charge in [0.25, 0.3) is 0 Å². The van der Waals surface area contributed by atoms with Crippen LogP contribution >= 0.6 is 11.6 Å². The molecular weight excluding hydrogens is 500 g/mol. The van der Waals surface area contributed by atoms with Gasteiger partial charge in [0, 0.05) is 71.7 Å². The molecule has 3 heterocycles. The number of rotatable bonds is 5. The van der Waals surface area contributed by atoms with Gasteiger partial charge in [0.05, 0.1) is 4.90 Å². The first-order valence-electron chi connectivity index (χ1n) is 11.5. The molecule has 0 radical (unpaired) electrons. The first-order chi connectivity index (χ1) is 17.2. The maximum Gasteiger partial charge on any atom is 0.229 e. The summed E-state index contributed by atoms with van der Waals surface area (Å²) in [5.41, 5.74) is 3.53. The molecule has 2 aliphatic heterocycles. The molecule has 2 aliphatic rings. The Morgan fingerprint density at radius 1 is 1.11 bits per heavy atom. The maximum absolute atomic E-state index is 12.0. The summed E-state index contributed by atoms with van der Waals surface area (Å²) in [5, 5.41) is 17.2. The van der Waals surface area contributed by atoms with Crippen LogP contribution in [0.15, 0.2) is 53.6 Å². The van der Waals surface area contributed by atoms with Gasteiger partial charge in [-0.15, -0.1) is 0 Å². The summed E-state index contributed by atoms with van der Waals surface area (Å²) in [4.78, 5) is 13.7. The molecule has 1 atom stereocenters. The summed E-state index contributed by atoms with van der Waals surface area (Å²) in [6.07, 6.45) is 3.34. The van der Waals surface area contributed by atoms with Crippen molar-refractivity contribution < 1.29 is 13.5 Å². The molecule has 1 unspecified atom stereocenters. The number of piperazine rings is 1. The van der Waals surface area contributed by atoms with Gasteiger partial charge in [0.1, 0.15) is 5.82 Å². The lowest BCUT2D eigenvalue weighted by Crippen LogP contribution is -2.44. The molecule has 1 aromatic heterocycles. The summed E-state index contributed by atoms with van der Waals surface area (Å²) >= 11 is 6.33. The Bertz CT molecular complexity index is 1420. The first-order valence-corrected chi connectivity index (χ1v) is 13.8. The van der Waals surface area contributed by atoms with Crippen molar-refractivity contribution in [3.05, 3.63) is 64.8 Å². The highest BCUT2D eigenvalue weighted by Crippen LogP contribution is 2.35. The number of fused-ring (bicyclic) bond motifs is 1. The third-order valence-electron chi connectivity index (χ3n) is 6.36. The normalized spacial score (nSPS) is 18.3. The Kier molecular flexibility index (Phi) is 6.60. The second-order valence-electron chi connectivity index (χ2n) is 9.02. The van der Waals surface area contributed by atoms with Crippen LogP contribution in [-0.2, 0) is 9.84 Å². The van der Waals surface area contributed by atoms with Gasteiger partial charge in [-0.25, -0.2) is 13.4 Å². The predicted molar refractivity (Wildman–Crippen MR) is 144 cm³/mol. The summed E-state index contributed by atoms with van der Waals surface area (Å²) in [6, 6.07) is 12.6. The SMILES string of the molecule is CN1CCN(c2ccc(Nc3ncc4c(n3)NC(O)C(c3cc(S(C)(=O)=O)ccc3Cl)=C4)cc2)CC1. The molecule has 3 N–H and O–H groups in total. The predicted octanol–water partition coefficient (Wildman–Crippen LogP) is 3.31. The largest absolute Gasteiger partial charge is 0.369 e. The van der Waals surface area contributed by atoms with E-state index in [1.165, 1.54) is 23.9 Å². The molecular formula is C25H27ClN6O3S. The highest BCUT2D eigenvalue weighted by atomic mass is 35.5. The van der Waals surface area contributed by atoms with Crippen molar-refractivity contribution >= 4 is 56.2 Å². The number of benzene rings is 2. The van der Waals surface area contributed by atoms with Crippen LogP contribution in [-0.4, -0.2) is 74.1 Å². The molecule has 0 amide bonds. The molecule has 0 bridgehead atoms. The Labute approximate surface area is 215 Å². The average molecular weight is 527 g/mol. The van der Waals surface area contributed by atoms with Crippen LogP contribution in [0, 0.1) is 0 Å². The Morgan fingerprint density at radius 3 is 2.53 bits per heavy atom. The Hall–Kier alpha value is -3.18. The smallest absolute Gasteiger partial charge is 0.229 e. The molecule has 5 rings (SSSR count). The fourth-order valence-corrected chi connectivity index (χ4v) is 5.13. The van der Waals surface area contributed by atoms with Gasteiger partial charge in [-0.05, 0) is 55.6 Å². The molecule has 0 spiro atoms. The third kappa shape index (κ3) is 5.17. The topological polar surface area (TPSA) is 111 Å². The molecule has 1 saturated heterocycles. The number of likely N-dealkylation sites (N-methyl/N-ethyl adjacent to an activating group) is 1. The van der Waals surface area contributed by atoms with Gasteiger partial charge in [-0.1, -0.05) is 11.6 Å². The van der Waals surface area contributed by atoms with E-state index < -0.39 is 16.1 Å². The maximum atomic E-state index is 12.0. The zero-order valence-electron chi connectivity index (χ0n) is 19.9. The number of sulfone groups is 1. The van der Waals surface area contributed by atoms with E-state index in [9.17, 15) is 13.5 Å². The van der Waals surface area contributed by atoms with Gasteiger partial charge in [-0.3, -0.25) is 0 Å². The van der Waals surface area contributed by atoms with E-state index in [0.29, 0.717) is 33.5 Å². The number of anilines is 4. The second kappa shape index (κ2) is 9.70. The van der Waals surface area contributed by atoms with Gasteiger partial charge >= 0.3 is 0 Å². The Balaban J connectivity index is 1.35. The average Bonchev–Trinajstić information content (AvgIpc) is 2.84. The molecule has 11 heteroatoms. The van der Waals surface area contributed by atoms with Crippen molar-refractivity contribution in [3.8, 4) is 0 Å². The fraction of sp³-hybridized carbons (Fsp3) is 0.280. The monoisotopic (exact) mass is 526 g/mol. The summed E-state index contributed by atoms with van der Waals surface area (Å²) in [7, 11) is -1.29. The minimum atomic E-state index is -3.43. The summed E-state index contributed by atoms with van der Waals surface area (Å²) < 4.78 is 24.0. The Morgan fingerprint density at radius 2 is 1.83 bits per heavy atom. The quantitative estimate of drug-likeness (QED) is 0.461. The van der Waals surface area contributed by atoms with Crippen LogP contribution < -0.4 is 15.5 Å².